The van der Waals surface area contributed by atoms with Gasteiger partial charge in [0.25, 0.3) is 0 Å². The topological polar surface area (TPSA) is 66.8 Å². The fourth-order valence-corrected chi connectivity index (χ4v) is 2.08. The van der Waals surface area contributed by atoms with E-state index in [1.54, 1.807) is 4.52 Å². The van der Waals surface area contributed by atoms with Crippen LogP contribution < -0.4 is 0 Å². The minimum absolute atomic E-state index is 1.78. The molecular formula is C10H6F17O4P. The van der Waals surface area contributed by atoms with Gasteiger partial charge in [0.2, 0.25) is 0 Å². The minimum Gasteiger partial charge on any atom is -0.303 e. The first-order valence-corrected chi connectivity index (χ1v) is 8.42. The van der Waals surface area contributed by atoms with E-state index in [1.807, 2.05) is 0 Å². The zero-order chi connectivity index (χ0) is 26.6. The molecule has 2 N–H and O–H groups in total. The van der Waals surface area contributed by atoms with Crippen molar-refractivity contribution >= 4 is 7.82 Å². The molecule has 0 heterocycles. The maximum Gasteiger partial charge on any atom is 0.474 e. The molecule has 4 nitrogen and oxygen atoms in total. The Bertz CT molecular complexity index is 723. The van der Waals surface area contributed by atoms with E-state index in [2.05, 4.69) is 0 Å². The quantitative estimate of drug-likeness (QED) is 0.268. The average molecular weight is 544 g/mol. The van der Waals surface area contributed by atoms with Crippen molar-refractivity contribution in [2.75, 3.05) is 0 Å². The van der Waals surface area contributed by atoms with Crippen molar-refractivity contribution in [2.24, 2.45) is 0 Å². The highest BCUT2D eigenvalue weighted by molar-refractivity contribution is 7.46. The summed E-state index contributed by atoms with van der Waals surface area (Å²) in [7, 11) is -7.00. The average Bonchev–Trinajstić information content (AvgIpc) is 2.48. The molecule has 0 spiro atoms. The maximum absolute atomic E-state index is 13.3. The highest BCUT2D eigenvalue weighted by atomic mass is 31.2. The van der Waals surface area contributed by atoms with Crippen LogP contribution in [0.15, 0.2) is 0 Å². The Morgan fingerprint density at radius 2 is 0.844 bits per heavy atom. The summed E-state index contributed by atoms with van der Waals surface area (Å²) in [4.78, 5) is 15.8. The van der Waals surface area contributed by atoms with E-state index in [1.165, 1.54) is 0 Å². The van der Waals surface area contributed by atoms with Gasteiger partial charge in [-0.1, -0.05) is 0 Å². The van der Waals surface area contributed by atoms with Gasteiger partial charge in [-0.2, -0.15) is 74.6 Å². The first kappa shape index (κ1) is 30.9. The van der Waals surface area contributed by atoms with E-state index in [0.29, 0.717) is 0 Å². The van der Waals surface area contributed by atoms with Crippen molar-refractivity contribution < 1.29 is 93.5 Å². The van der Waals surface area contributed by atoms with Crippen LogP contribution in [-0.4, -0.2) is 57.6 Å². The molecule has 0 amide bonds. The van der Waals surface area contributed by atoms with Crippen LogP contribution in [0.4, 0.5) is 74.6 Å². The fraction of sp³-hybridized carbons (Fsp3) is 1.00. The Balaban J connectivity index is 6.51. The van der Waals surface area contributed by atoms with Crippen molar-refractivity contribution in [1.82, 2.24) is 0 Å². The Morgan fingerprint density at radius 3 is 1.16 bits per heavy atom. The van der Waals surface area contributed by atoms with Gasteiger partial charge in [-0.05, 0) is 0 Å². The molecule has 0 aromatic rings. The van der Waals surface area contributed by atoms with Gasteiger partial charge in [-0.25, -0.2) is 9.09 Å². The Kier molecular flexibility index (Phi) is 7.73. The summed E-state index contributed by atoms with van der Waals surface area (Å²) in [5, 5.41) is 0. The fourth-order valence-electron chi connectivity index (χ4n) is 1.67. The number of hydrogen-bond donors (Lipinski definition) is 2. The number of hydrogen-bond acceptors (Lipinski definition) is 2. The highest BCUT2D eigenvalue weighted by Crippen LogP contribution is 2.64. The number of phosphoric acid groups is 1. The lowest BCUT2D eigenvalue weighted by atomic mass is 9.89. The second kappa shape index (κ2) is 8.00. The molecule has 0 aromatic heterocycles. The smallest absolute Gasteiger partial charge is 0.303 e. The van der Waals surface area contributed by atoms with Gasteiger partial charge in [-0.3, -0.25) is 0 Å². The number of phosphoric ester groups is 1. The Morgan fingerprint density at radius 1 is 0.531 bits per heavy atom. The third kappa shape index (κ3) is 5.19. The van der Waals surface area contributed by atoms with Gasteiger partial charge in [0.05, 0.1) is 0 Å². The molecule has 0 aliphatic carbocycles. The number of halogens is 17. The van der Waals surface area contributed by atoms with E-state index in [9.17, 15) is 79.2 Å². The van der Waals surface area contributed by atoms with Crippen molar-refractivity contribution in [3.05, 3.63) is 0 Å². The van der Waals surface area contributed by atoms with E-state index in [-0.39, 0.29) is 0 Å². The first-order chi connectivity index (χ1) is 13.4. The molecule has 0 saturated heterocycles. The van der Waals surface area contributed by atoms with Crippen molar-refractivity contribution in [3.8, 4) is 0 Å². The molecule has 0 rings (SSSR count). The Hall–Kier alpha value is -1.08. The van der Waals surface area contributed by atoms with Crippen LogP contribution in [-0.2, 0) is 9.09 Å². The molecule has 0 bridgehead atoms. The van der Waals surface area contributed by atoms with Crippen LogP contribution in [0.5, 0.6) is 0 Å². The lowest BCUT2D eigenvalue weighted by molar-refractivity contribution is -0.458. The van der Waals surface area contributed by atoms with E-state index < -0.39 is 68.5 Å². The second-order valence-electron chi connectivity index (χ2n) is 5.79. The normalized spacial score (nSPS) is 16.5. The second-order valence-corrected chi connectivity index (χ2v) is 6.95. The van der Waals surface area contributed by atoms with Crippen LogP contribution in [0.25, 0.3) is 0 Å². The highest BCUT2D eigenvalue weighted by Gasteiger charge is 2.93. The summed E-state index contributed by atoms with van der Waals surface area (Å²) in [6.07, 6.45) is -19.9. The van der Waals surface area contributed by atoms with Crippen LogP contribution in [0.1, 0.15) is 12.8 Å². The molecule has 0 aliphatic heterocycles. The molecule has 0 fully saturated rings. The molecule has 0 atom stereocenters. The van der Waals surface area contributed by atoms with Gasteiger partial charge < -0.3 is 9.79 Å². The van der Waals surface area contributed by atoms with Crippen molar-refractivity contribution in [1.29, 1.82) is 0 Å². The van der Waals surface area contributed by atoms with Crippen LogP contribution in [0.2, 0.25) is 0 Å². The van der Waals surface area contributed by atoms with Gasteiger partial charge >= 0.3 is 55.6 Å². The summed E-state index contributed by atoms with van der Waals surface area (Å²) in [5.74, 6) is -48.8. The molecule has 22 heteroatoms. The predicted octanol–water partition coefficient (Wildman–Crippen LogP) is 5.84. The molecule has 0 radical (unpaired) electrons. The summed E-state index contributed by atoms with van der Waals surface area (Å²) in [6, 6.07) is 0. The lowest BCUT2D eigenvalue weighted by Crippen LogP contribution is -2.73. The van der Waals surface area contributed by atoms with E-state index in [4.69, 9.17) is 9.79 Å². The van der Waals surface area contributed by atoms with E-state index >= 15 is 0 Å². The molecule has 0 saturated carbocycles. The summed E-state index contributed by atoms with van der Waals surface area (Å²) >= 11 is 0. The molecule has 0 aromatic carbocycles. The summed E-state index contributed by atoms with van der Waals surface area (Å²) < 4.78 is 232. The molecular weight excluding hydrogens is 538 g/mol. The lowest BCUT2D eigenvalue weighted by Gasteiger charge is -2.42. The van der Waals surface area contributed by atoms with Gasteiger partial charge in [0.1, 0.15) is 0 Å². The van der Waals surface area contributed by atoms with Gasteiger partial charge in [0, 0.05) is 12.8 Å². The van der Waals surface area contributed by atoms with Crippen LogP contribution in [0, 0.1) is 0 Å². The predicted molar refractivity (Wildman–Crippen MR) is 63.0 cm³/mol. The first-order valence-electron chi connectivity index (χ1n) is 6.89. The number of alkyl halides is 17. The molecule has 0 aliphatic rings. The third-order valence-corrected chi connectivity index (χ3v) is 3.83. The van der Waals surface area contributed by atoms with Gasteiger partial charge in [-0.15, -0.1) is 0 Å². The zero-order valence-electron chi connectivity index (χ0n) is 14.0. The SMILES string of the molecule is O=P(O)(O)OC(F)(F)C(F)(F)C(F)(F)C(F)(F)C(F)(F)C(F)(F)C(F)(F)CCC(F)(F)F. The zero-order valence-corrected chi connectivity index (χ0v) is 14.9. The van der Waals surface area contributed by atoms with Crippen LogP contribution in [0.3, 0.4) is 0 Å². The Labute approximate surface area is 163 Å². The minimum atomic E-state index is -8.61. The van der Waals surface area contributed by atoms with Crippen molar-refractivity contribution in [2.45, 2.75) is 60.7 Å². The van der Waals surface area contributed by atoms with Crippen molar-refractivity contribution in [3.63, 3.8) is 0 Å². The van der Waals surface area contributed by atoms with Crippen LogP contribution >= 0.6 is 7.82 Å². The molecule has 32 heavy (non-hydrogen) atoms. The summed E-state index contributed by atoms with van der Waals surface area (Å²) in [5.41, 5.74) is 0. The van der Waals surface area contributed by atoms with E-state index in [0.717, 1.165) is 0 Å². The largest absolute Gasteiger partial charge is 0.474 e. The standard InChI is InChI=1S/C10H6F17O4P/c11-3(12,1-2-4(13,14)15)5(16,17)6(18,19)7(20,21)8(22,23)9(24,25)10(26,27)31-32(28,29)30/h1-2H2,(H2,28,29,30). The molecule has 0 unspecified atom stereocenters. The molecule has 194 valence electrons. The summed E-state index contributed by atoms with van der Waals surface area (Å²) in [6.45, 7) is 0. The van der Waals surface area contributed by atoms with Gasteiger partial charge in [0.15, 0.2) is 0 Å². The third-order valence-electron chi connectivity index (χ3n) is 3.36. The number of rotatable bonds is 10. The maximum atomic E-state index is 13.3. The monoisotopic (exact) mass is 544 g/mol.